The number of amides is 1. The topological polar surface area (TPSA) is 108 Å². The van der Waals surface area contributed by atoms with Crippen molar-refractivity contribution in [2.24, 2.45) is 17.8 Å². The molecular weight excluding hydrogens is 505 g/mol. The van der Waals surface area contributed by atoms with Gasteiger partial charge < -0.3 is 24.8 Å². The summed E-state index contributed by atoms with van der Waals surface area (Å²) in [6.07, 6.45) is 6.39. The van der Waals surface area contributed by atoms with Crippen molar-refractivity contribution in [2.45, 2.75) is 120 Å². The SMILES string of the molecule is CC(C)(C)OC(=O)N[C@@H]1CCN(C2C(F)CC3C(=O)C(C(=O)O)=CN4C5CC6CCCCC6CC5OC2C34)C1. The summed E-state index contributed by atoms with van der Waals surface area (Å²) in [4.78, 5) is 41.9. The number of alkyl halides is 1. The summed E-state index contributed by atoms with van der Waals surface area (Å²) in [6.45, 7) is 6.52. The fourth-order valence-electron chi connectivity index (χ4n) is 8.51. The van der Waals surface area contributed by atoms with Crippen LogP contribution in [0, 0.1) is 17.8 Å². The second kappa shape index (κ2) is 10.0. The van der Waals surface area contributed by atoms with E-state index in [-0.39, 0.29) is 36.2 Å². The van der Waals surface area contributed by atoms with Gasteiger partial charge in [0.25, 0.3) is 0 Å². The number of carboxylic acid groups (broad SMARTS) is 1. The van der Waals surface area contributed by atoms with Crippen molar-refractivity contribution < 1.29 is 33.4 Å². The number of alkyl carbamates (subject to hydrolysis) is 1. The third-order valence-corrected chi connectivity index (χ3v) is 10.0. The van der Waals surface area contributed by atoms with Gasteiger partial charge in [-0.3, -0.25) is 9.69 Å². The third-order valence-electron chi connectivity index (χ3n) is 10.0. The smallest absolute Gasteiger partial charge is 0.407 e. The van der Waals surface area contributed by atoms with Crippen LogP contribution in [0.5, 0.6) is 0 Å². The quantitative estimate of drug-likeness (QED) is 0.519. The predicted octanol–water partition coefficient (Wildman–Crippen LogP) is 3.27. The molecule has 6 rings (SSSR count). The number of ketones is 1. The van der Waals surface area contributed by atoms with Crippen LogP contribution in [0.4, 0.5) is 9.18 Å². The lowest BCUT2D eigenvalue weighted by Gasteiger charge is -2.61. The van der Waals surface area contributed by atoms with Crippen molar-refractivity contribution in [3.8, 4) is 0 Å². The lowest BCUT2D eigenvalue weighted by atomic mass is 9.64. The number of fused-ring (bicyclic) bond motifs is 3. The maximum absolute atomic E-state index is 16.1. The molecule has 2 saturated heterocycles. The molecule has 39 heavy (non-hydrogen) atoms. The number of ether oxygens (including phenoxy) is 2. The van der Waals surface area contributed by atoms with Gasteiger partial charge in [-0.05, 0) is 58.3 Å². The molecule has 0 aromatic carbocycles. The Kier molecular flexibility index (Phi) is 6.93. The van der Waals surface area contributed by atoms with Gasteiger partial charge in [-0.25, -0.2) is 14.0 Å². The second-order valence-electron chi connectivity index (χ2n) is 13.6. The summed E-state index contributed by atoms with van der Waals surface area (Å²) in [6, 6.07) is -1.09. The number of hydrogen-bond acceptors (Lipinski definition) is 7. The molecule has 0 bridgehead atoms. The van der Waals surface area contributed by atoms with Crippen LogP contribution in [0.25, 0.3) is 0 Å². The lowest BCUT2D eigenvalue weighted by molar-refractivity contribution is -0.219. The fourth-order valence-corrected chi connectivity index (χ4v) is 8.51. The Morgan fingerprint density at radius 1 is 1.10 bits per heavy atom. The molecule has 0 radical (unpaired) electrons. The van der Waals surface area contributed by atoms with Gasteiger partial charge in [0, 0.05) is 31.2 Å². The van der Waals surface area contributed by atoms with Crippen LogP contribution >= 0.6 is 0 Å². The molecule has 3 aliphatic heterocycles. The molecule has 2 N–H and O–H groups in total. The zero-order chi connectivity index (χ0) is 27.6. The van der Waals surface area contributed by atoms with E-state index in [0.717, 1.165) is 12.8 Å². The average Bonchev–Trinajstić information content (AvgIpc) is 3.30. The zero-order valence-electron chi connectivity index (χ0n) is 23.2. The van der Waals surface area contributed by atoms with Crippen molar-refractivity contribution in [1.82, 2.24) is 15.1 Å². The number of morpholine rings is 1. The van der Waals surface area contributed by atoms with Gasteiger partial charge in [0.2, 0.25) is 0 Å². The summed E-state index contributed by atoms with van der Waals surface area (Å²) >= 11 is 0. The van der Waals surface area contributed by atoms with E-state index < -0.39 is 47.7 Å². The van der Waals surface area contributed by atoms with Crippen LogP contribution in [0.1, 0.15) is 72.1 Å². The highest BCUT2D eigenvalue weighted by molar-refractivity contribution is 6.18. The number of nitrogens with zero attached hydrogens (tertiary/aromatic N) is 2. The highest BCUT2D eigenvalue weighted by atomic mass is 19.1. The van der Waals surface area contributed by atoms with E-state index >= 15 is 4.39 Å². The Morgan fingerprint density at radius 3 is 2.51 bits per heavy atom. The molecule has 5 fully saturated rings. The molecular formula is C29H42FN3O6. The molecule has 0 spiro atoms. The monoisotopic (exact) mass is 547 g/mol. The zero-order valence-corrected chi connectivity index (χ0v) is 23.2. The molecule has 3 heterocycles. The predicted molar refractivity (Wildman–Crippen MR) is 140 cm³/mol. The summed E-state index contributed by atoms with van der Waals surface area (Å²) < 4.78 is 28.3. The molecule has 216 valence electrons. The number of hydrogen-bond donors (Lipinski definition) is 2. The number of rotatable bonds is 3. The Bertz CT molecular complexity index is 1040. The van der Waals surface area contributed by atoms with Crippen LogP contribution in [-0.2, 0) is 19.1 Å². The highest BCUT2D eigenvalue weighted by Gasteiger charge is 2.61. The third kappa shape index (κ3) is 4.96. The molecule has 10 heteroatoms. The molecule has 0 aromatic heterocycles. The van der Waals surface area contributed by atoms with Crippen molar-refractivity contribution in [1.29, 1.82) is 0 Å². The van der Waals surface area contributed by atoms with E-state index in [2.05, 4.69) is 15.1 Å². The Labute approximate surface area is 229 Å². The minimum atomic E-state index is -1.34. The number of likely N-dealkylation sites (tertiary alicyclic amines) is 1. The standard InChI is InChI=1S/C29H42FN3O6/c1-29(2,3)39-28(37)31-17-8-9-32(13-17)24-20(30)12-18-23-26(24)38-22-11-16-7-5-4-6-15(16)10-21(22)33(23)14-19(25(18)34)27(35)36/h14-18,20-24,26H,4-13H2,1-3H3,(H,31,37)(H,35,36)/t15?,16?,17-,18?,20?,21?,22?,23?,24?,26?/m1/s1. The molecule has 3 aliphatic carbocycles. The molecule has 9 nitrogen and oxygen atoms in total. The van der Waals surface area contributed by atoms with Gasteiger partial charge in [0.1, 0.15) is 17.3 Å². The van der Waals surface area contributed by atoms with Crippen molar-refractivity contribution in [2.75, 3.05) is 13.1 Å². The number of carbonyl (C=O) groups is 3. The first-order chi connectivity index (χ1) is 18.5. The lowest BCUT2D eigenvalue weighted by Crippen LogP contribution is -2.73. The Morgan fingerprint density at radius 2 is 1.82 bits per heavy atom. The molecule has 1 amide bonds. The van der Waals surface area contributed by atoms with Crippen LogP contribution in [0.2, 0.25) is 0 Å². The number of Topliss-reactive ketones (excluding diaryl/α,β-unsaturated/α-hetero) is 1. The highest BCUT2D eigenvalue weighted by Crippen LogP contribution is 2.51. The molecule has 9 unspecified atom stereocenters. The summed E-state index contributed by atoms with van der Waals surface area (Å²) in [5.74, 6) is -1.28. The first-order valence-corrected chi connectivity index (χ1v) is 14.8. The Hall–Kier alpha value is -2.20. The van der Waals surface area contributed by atoms with Crippen LogP contribution in [0.15, 0.2) is 11.8 Å². The van der Waals surface area contributed by atoms with Gasteiger partial charge >= 0.3 is 12.1 Å². The molecule has 6 aliphatic rings. The summed E-state index contributed by atoms with van der Waals surface area (Å²) in [5.41, 5.74) is -0.830. The van der Waals surface area contributed by atoms with Crippen LogP contribution < -0.4 is 5.32 Å². The molecule has 3 saturated carbocycles. The fraction of sp³-hybridized carbons (Fsp3) is 0.828. The van der Waals surface area contributed by atoms with Crippen molar-refractivity contribution in [3.05, 3.63) is 11.8 Å². The van der Waals surface area contributed by atoms with Crippen LogP contribution in [-0.4, -0.2) is 94.0 Å². The van der Waals surface area contributed by atoms with Crippen molar-refractivity contribution in [3.63, 3.8) is 0 Å². The van der Waals surface area contributed by atoms with E-state index in [1.54, 1.807) is 6.20 Å². The van der Waals surface area contributed by atoms with Gasteiger partial charge in [0.15, 0.2) is 5.78 Å². The first kappa shape index (κ1) is 27.0. The van der Waals surface area contributed by atoms with Gasteiger partial charge in [0.05, 0.1) is 30.3 Å². The van der Waals surface area contributed by atoms with E-state index in [9.17, 15) is 19.5 Å². The van der Waals surface area contributed by atoms with Crippen LogP contribution in [0.3, 0.4) is 0 Å². The maximum atomic E-state index is 16.1. The van der Waals surface area contributed by atoms with Crippen molar-refractivity contribution >= 4 is 17.8 Å². The number of aliphatic carboxylic acids is 1. The summed E-state index contributed by atoms with van der Waals surface area (Å²) in [7, 11) is 0. The summed E-state index contributed by atoms with van der Waals surface area (Å²) in [5, 5.41) is 12.8. The van der Waals surface area contributed by atoms with E-state index in [1.807, 2.05) is 20.8 Å². The number of carbonyl (C=O) groups excluding carboxylic acids is 2. The second-order valence-corrected chi connectivity index (χ2v) is 13.6. The minimum Gasteiger partial charge on any atom is -0.478 e. The van der Waals surface area contributed by atoms with Gasteiger partial charge in [-0.1, -0.05) is 25.7 Å². The van der Waals surface area contributed by atoms with Gasteiger partial charge in [-0.2, -0.15) is 0 Å². The van der Waals surface area contributed by atoms with E-state index in [1.165, 1.54) is 25.7 Å². The number of nitrogens with one attached hydrogen (secondary N) is 1. The molecule has 10 atom stereocenters. The molecule has 0 aromatic rings. The maximum Gasteiger partial charge on any atom is 0.407 e. The number of halogens is 1. The first-order valence-electron chi connectivity index (χ1n) is 14.8. The van der Waals surface area contributed by atoms with E-state index in [4.69, 9.17) is 9.47 Å². The largest absolute Gasteiger partial charge is 0.478 e. The number of carboxylic acids is 1. The minimum absolute atomic E-state index is 0.00697. The van der Waals surface area contributed by atoms with E-state index in [0.29, 0.717) is 31.3 Å². The normalized spacial score (nSPS) is 42.1. The van der Waals surface area contributed by atoms with Gasteiger partial charge in [-0.15, -0.1) is 0 Å². The average molecular weight is 548 g/mol. The Balaban J connectivity index is 1.27.